The minimum atomic E-state index is -0.186. The molecule has 0 aromatic heterocycles. The molecule has 0 spiro atoms. The van der Waals surface area contributed by atoms with E-state index in [0.29, 0.717) is 6.42 Å². The average Bonchev–Trinajstić information content (AvgIpc) is 2.46. The van der Waals surface area contributed by atoms with E-state index < -0.39 is 0 Å². The van der Waals surface area contributed by atoms with Crippen LogP contribution in [0.1, 0.15) is 29.0 Å². The monoisotopic (exact) mass is 254 g/mol. The fraction of sp³-hybridized carbons (Fsp3) is 0.235. The second-order valence-electron chi connectivity index (χ2n) is 4.65. The second kappa shape index (κ2) is 6.19. The van der Waals surface area contributed by atoms with Crippen LogP contribution >= 0.6 is 0 Å². The molecular formula is C17H18O2. The van der Waals surface area contributed by atoms with Crippen molar-refractivity contribution in [2.24, 2.45) is 0 Å². The molecule has 0 fully saturated rings. The van der Waals surface area contributed by atoms with Gasteiger partial charge in [-0.2, -0.15) is 0 Å². The molecule has 0 aliphatic carbocycles. The van der Waals surface area contributed by atoms with E-state index in [9.17, 15) is 4.79 Å². The minimum absolute atomic E-state index is 0.0502. The third-order valence-corrected chi connectivity index (χ3v) is 3.28. The Bertz CT molecular complexity index is 529. The Morgan fingerprint density at radius 1 is 1.00 bits per heavy atom. The van der Waals surface area contributed by atoms with Gasteiger partial charge in [-0.15, -0.1) is 0 Å². The molecule has 0 aliphatic heterocycles. The van der Waals surface area contributed by atoms with Gasteiger partial charge in [-0.3, -0.25) is 4.79 Å². The third kappa shape index (κ3) is 3.44. The summed E-state index contributed by atoms with van der Waals surface area (Å²) >= 11 is 0. The highest BCUT2D eigenvalue weighted by Gasteiger charge is 2.18. The third-order valence-electron chi connectivity index (χ3n) is 3.28. The highest BCUT2D eigenvalue weighted by atomic mass is 16.5. The van der Waals surface area contributed by atoms with Crippen LogP contribution in [0, 0.1) is 6.92 Å². The molecule has 19 heavy (non-hydrogen) atoms. The summed E-state index contributed by atoms with van der Waals surface area (Å²) in [6.07, 6.45) is 0.365. The van der Waals surface area contributed by atoms with Crippen molar-refractivity contribution >= 4 is 5.97 Å². The lowest BCUT2D eigenvalue weighted by Crippen LogP contribution is -2.10. The van der Waals surface area contributed by atoms with Crippen molar-refractivity contribution in [1.29, 1.82) is 0 Å². The largest absolute Gasteiger partial charge is 0.469 e. The summed E-state index contributed by atoms with van der Waals surface area (Å²) < 4.78 is 4.81. The Morgan fingerprint density at radius 3 is 2.16 bits per heavy atom. The van der Waals surface area contributed by atoms with Gasteiger partial charge in [0.1, 0.15) is 0 Å². The zero-order chi connectivity index (χ0) is 13.7. The van der Waals surface area contributed by atoms with Crippen LogP contribution in [0.15, 0.2) is 54.6 Å². The second-order valence-corrected chi connectivity index (χ2v) is 4.65. The Morgan fingerprint density at radius 2 is 1.58 bits per heavy atom. The number of ether oxygens (including phenoxy) is 1. The molecule has 0 amide bonds. The van der Waals surface area contributed by atoms with Gasteiger partial charge in [0.05, 0.1) is 13.5 Å². The lowest BCUT2D eigenvalue weighted by atomic mass is 9.88. The molecule has 0 saturated carbocycles. The van der Waals surface area contributed by atoms with E-state index in [1.165, 1.54) is 12.7 Å². The van der Waals surface area contributed by atoms with Gasteiger partial charge in [0.15, 0.2) is 0 Å². The van der Waals surface area contributed by atoms with Crippen LogP contribution in [-0.2, 0) is 9.53 Å². The van der Waals surface area contributed by atoms with Crippen molar-refractivity contribution in [2.45, 2.75) is 19.3 Å². The number of carbonyl (C=O) groups excluding carboxylic acids is 1. The normalized spacial score (nSPS) is 11.9. The summed E-state index contributed by atoms with van der Waals surface area (Å²) in [7, 11) is 1.43. The molecule has 2 rings (SSSR count). The van der Waals surface area contributed by atoms with Crippen molar-refractivity contribution < 1.29 is 9.53 Å². The van der Waals surface area contributed by atoms with Crippen molar-refractivity contribution in [1.82, 2.24) is 0 Å². The van der Waals surface area contributed by atoms with Crippen LogP contribution in [0.4, 0.5) is 0 Å². The number of carbonyl (C=O) groups is 1. The summed E-state index contributed by atoms with van der Waals surface area (Å²) in [5, 5.41) is 0. The molecule has 0 saturated heterocycles. The maximum atomic E-state index is 11.6. The van der Waals surface area contributed by atoms with E-state index in [0.717, 1.165) is 11.1 Å². The number of aryl methyl sites for hydroxylation is 1. The summed E-state index contributed by atoms with van der Waals surface area (Å²) in [6, 6.07) is 18.4. The van der Waals surface area contributed by atoms with Crippen LogP contribution in [0.5, 0.6) is 0 Å². The number of benzene rings is 2. The van der Waals surface area contributed by atoms with Crippen molar-refractivity contribution in [3.8, 4) is 0 Å². The predicted molar refractivity (Wildman–Crippen MR) is 76.1 cm³/mol. The van der Waals surface area contributed by atoms with Gasteiger partial charge in [-0.25, -0.2) is 0 Å². The van der Waals surface area contributed by atoms with Crippen LogP contribution in [-0.4, -0.2) is 13.1 Å². The van der Waals surface area contributed by atoms with E-state index >= 15 is 0 Å². The van der Waals surface area contributed by atoms with Gasteiger partial charge >= 0.3 is 5.97 Å². The fourth-order valence-corrected chi connectivity index (χ4v) is 2.16. The molecule has 0 bridgehead atoms. The molecule has 2 heteroatoms. The Labute approximate surface area is 114 Å². The van der Waals surface area contributed by atoms with E-state index in [1.807, 2.05) is 30.3 Å². The zero-order valence-electron chi connectivity index (χ0n) is 11.3. The molecule has 0 heterocycles. The van der Waals surface area contributed by atoms with Crippen molar-refractivity contribution in [2.75, 3.05) is 7.11 Å². The first-order valence-electron chi connectivity index (χ1n) is 6.39. The van der Waals surface area contributed by atoms with E-state index in [2.05, 4.69) is 31.2 Å². The Kier molecular flexibility index (Phi) is 4.35. The molecule has 0 N–H and O–H groups in total. The van der Waals surface area contributed by atoms with Gasteiger partial charge in [0.2, 0.25) is 0 Å². The first-order valence-corrected chi connectivity index (χ1v) is 6.39. The van der Waals surface area contributed by atoms with Crippen molar-refractivity contribution in [3.63, 3.8) is 0 Å². The number of rotatable bonds is 4. The minimum Gasteiger partial charge on any atom is -0.469 e. The number of methoxy groups -OCH3 is 1. The Balaban J connectivity index is 2.34. The molecule has 98 valence electrons. The molecule has 0 aliphatic rings. The molecule has 0 unspecified atom stereocenters. The summed E-state index contributed by atoms with van der Waals surface area (Å²) in [5.41, 5.74) is 3.49. The molecule has 2 nitrogen and oxygen atoms in total. The highest BCUT2D eigenvalue weighted by molar-refractivity contribution is 5.71. The number of hydrogen-bond acceptors (Lipinski definition) is 2. The smallest absolute Gasteiger partial charge is 0.306 e. The van der Waals surface area contributed by atoms with Gasteiger partial charge in [0, 0.05) is 5.92 Å². The lowest BCUT2D eigenvalue weighted by molar-refractivity contribution is -0.140. The lowest BCUT2D eigenvalue weighted by Gasteiger charge is -2.17. The highest BCUT2D eigenvalue weighted by Crippen LogP contribution is 2.28. The van der Waals surface area contributed by atoms with Gasteiger partial charge in [-0.1, -0.05) is 60.2 Å². The average molecular weight is 254 g/mol. The quantitative estimate of drug-likeness (QED) is 0.778. The van der Waals surface area contributed by atoms with E-state index in [1.54, 1.807) is 0 Å². The topological polar surface area (TPSA) is 26.3 Å². The van der Waals surface area contributed by atoms with Gasteiger partial charge in [-0.05, 0) is 18.1 Å². The molecule has 0 radical (unpaired) electrons. The summed E-state index contributed by atoms with van der Waals surface area (Å²) in [6.45, 7) is 2.06. The number of esters is 1. The SMILES string of the molecule is COC(=O)C[C@H](c1ccccc1)c1ccc(C)cc1. The van der Waals surface area contributed by atoms with Gasteiger partial charge < -0.3 is 4.74 Å². The molecular weight excluding hydrogens is 236 g/mol. The van der Waals surface area contributed by atoms with Crippen molar-refractivity contribution in [3.05, 3.63) is 71.3 Å². The van der Waals surface area contributed by atoms with E-state index in [-0.39, 0.29) is 11.9 Å². The zero-order valence-corrected chi connectivity index (χ0v) is 11.3. The summed E-state index contributed by atoms with van der Waals surface area (Å²) in [4.78, 5) is 11.6. The summed E-state index contributed by atoms with van der Waals surface area (Å²) in [5.74, 6) is -0.135. The maximum absolute atomic E-state index is 11.6. The van der Waals surface area contributed by atoms with E-state index in [4.69, 9.17) is 4.74 Å². The predicted octanol–water partition coefficient (Wildman–Crippen LogP) is 3.69. The Hall–Kier alpha value is -2.09. The van der Waals surface area contributed by atoms with Crippen LogP contribution in [0.3, 0.4) is 0 Å². The standard InChI is InChI=1S/C17H18O2/c1-13-8-10-15(11-9-13)16(12-17(18)19-2)14-6-4-3-5-7-14/h3-11,16H,12H2,1-2H3/t16-/m1/s1. The first kappa shape index (κ1) is 13.3. The maximum Gasteiger partial charge on any atom is 0.306 e. The molecule has 2 aromatic rings. The van der Waals surface area contributed by atoms with Crippen LogP contribution in [0.25, 0.3) is 0 Å². The molecule has 1 atom stereocenters. The van der Waals surface area contributed by atoms with Crippen LogP contribution < -0.4 is 0 Å². The fourth-order valence-electron chi connectivity index (χ4n) is 2.16. The molecule has 2 aromatic carbocycles. The van der Waals surface area contributed by atoms with Gasteiger partial charge in [0.25, 0.3) is 0 Å². The number of hydrogen-bond donors (Lipinski definition) is 0. The first-order chi connectivity index (χ1) is 9.20. The van der Waals surface area contributed by atoms with Crippen LogP contribution in [0.2, 0.25) is 0 Å².